The Hall–Kier alpha value is -1.46. The second-order valence-electron chi connectivity index (χ2n) is 5.67. The van der Waals surface area contributed by atoms with Crippen molar-refractivity contribution < 1.29 is 9.53 Å². The van der Waals surface area contributed by atoms with E-state index in [1.165, 1.54) is 0 Å². The van der Waals surface area contributed by atoms with Gasteiger partial charge in [0.15, 0.2) is 0 Å². The number of piperidine rings is 1. The van der Waals surface area contributed by atoms with Crippen molar-refractivity contribution in [3.8, 4) is 11.5 Å². The number of halogens is 3. The number of ether oxygens (including phenoxy) is 1. The van der Waals surface area contributed by atoms with Gasteiger partial charge < -0.3 is 15.4 Å². The molecule has 1 heterocycles. The summed E-state index contributed by atoms with van der Waals surface area (Å²) in [6.07, 6.45) is 1.86. The van der Waals surface area contributed by atoms with E-state index in [1.807, 2.05) is 12.1 Å². The lowest BCUT2D eigenvalue weighted by atomic mass is 10.1. The Balaban J connectivity index is 0.00000225. The van der Waals surface area contributed by atoms with Gasteiger partial charge in [-0.05, 0) is 56.3 Å². The van der Waals surface area contributed by atoms with Gasteiger partial charge >= 0.3 is 0 Å². The van der Waals surface area contributed by atoms with Gasteiger partial charge in [-0.15, -0.1) is 12.4 Å². The standard InChI is InChI=1S/C18H18Cl2N2O2.ClH/c19-12-5-6-17(15(20)11-12)24-16-4-2-1-3-14(16)18(23)22-13-7-9-21-10-8-13;/h1-6,11,13,21H,7-10H2,(H,22,23);1H. The van der Waals surface area contributed by atoms with E-state index in [-0.39, 0.29) is 24.4 Å². The van der Waals surface area contributed by atoms with E-state index in [0.717, 1.165) is 25.9 Å². The van der Waals surface area contributed by atoms with Crippen LogP contribution in [0.5, 0.6) is 11.5 Å². The van der Waals surface area contributed by atoms with E-state index >= 15 is 0 Å². The Morgan fingerprint density at radius 1 is 1.08 bits per heavy atom. The van der Waals surface area contributed by atoms with Crippen molar-refractivity contribution in [2.45, 2.75) is 18.9 Å². The minimum atomic E-state index is -0.136. The molecule has 0 aliphatic carbocycles. The molecular formula is C18H19Cl3N2O2. The second kappa shape index (κ2) is 9.30. The first-order valence-electron chi connectivity index (χ1n) is 7.87. The van der Waals surface area contributed by atoms with E-state index in [4.69, 9.17) is 27.9 Å². The predicted octanol–water partition coefficient (Wildman–Crippen LogP) is 4.69. The van der Waals surface area contributed by atoms with Crippen LogP contribution >= 0.6 is 35.6 Å². The van der Waals surface area contributed by atoms with Crippen molar-refractivity contribution in [1.29, 1.82) is 0 Å². The minimum Gasteiger partial charge on any atom is -0.455 e. The summed E-state index contributed by atoms with van der Waals surface area (Å²) in [6, 6.07) is 12.3. The average molecular weight is 402 g/mol. The fraction of sp³-hybridized carbons (Fsp3) is 0.278. The van der Waals surface area contributed by atoms with Crippen molar-refractivity contribution in [3.05, 3.63) is 58.1 Å². The van der Waals surface area contributed by atoms with Gasteiger partial charge in [0.1, 0.15) is 11.5 Å². The molecule has 2 N–H and O–H groups in total. The van der Waals surface area contributed by atoms with E-state index in [1.54, 1.807) is 30.3 Å². The predicted molar refractivity (Wildman–Crippen MR) is 104 cm³/mol. The number of hydrogen-bond donors (Lipinski definition) is 2. The normalized spacial score (nSPS) is 14.5. The molecule has 3 rings (SSSR count). The van der Waals surface area contributed by atoms with E-state index < -0.39 is 0 Å². The monoisotopic (exact) mass is 400 g/mol. The molecule has 25 heavy (non-hydrogen) atoms. The largest absolute Gasteiger partial charge is 0.455 e. The SMILES string of the molecule is Cl.O=C(NC1CCNCC1)c1ccccc1Oc1ccc(Cl)cc1Cl. The van der Waals surface area contributed by atoms with E-state index in [9.17, 15) is 4.79 Å². The van der Waals surface area contributed by atoms with Crippen molar-refractivity contribution in [1.82, 2.24) is 10.6 Å². The zero-order chi connectivity index (χ0) is 16.9. The Bertz CT molecular complexity index is 734. The third kappa shape index (κ3) is 5.25. The van der Waals surface area contributed by atoms with E-state index in [2.05, 4.69) is 10.6 Å². The first kappa shape index (κ1) is 19.9. The molecule has 0 unspecified atom stereocenters. The molecule has 1 fully saturated rings. The zero-order valence-corrected chi connectivity index (χ0v) is 15.8. The fourth-order valence-corrected chi connectivity index (χ4v) is 3.10. The van der Waals surface area contributed by atoms with Gasteiger partial charge in [0.25, 0.3) is 5.91 Å². The van der Waals surface area contributed by atoms with Crippen LogP contribution in [0.1, 0.15) is 23.2 Å². The fourth-order valence-electron chi connectivity index (χ4n) is 2.65. The summed E-state index contributed by atoms with van der Waals surface area (Å²) in [4.78, 5) is 12.6. The van der Waals surface area contributed by atoms with Crippen LogP contribution in [0.15, 0.2) is 42.5 Å². The average Bonchev–Trinajstić information content (AvgIpc) is 2.59. The van der Waals surface area contributed by atoms with Crippen molar-refractivity contribution in [2.24, 2.45) is 0 Å². The Morgan fingerprint density at radius 3 is 2.52 bits per heavy atom. The number of nitrogens with one attached hydrogen (secondary N) is 2. The van der Waals surface area contributed by atoms with Crippen LogP contribution in [0.2, 0.25) is 10.0 Å². The molecule has 0 aromatic heterocycles. The molecule has 1 aliphatic rings. The summed E-state index contributed by atoms with van der Waals surface area (Å²) in [6.45, 7) is 1.84. The van der Waals surface area contributed by atoms with Crippen LogP contribution in [0.3, 0.4) is 0 Å². The number of benzene rings is 2. The number of rotatable bonds is 4. The lowest BCUT2D eigenvalue weighted by Gasteiger charge is -2.24. The highest BCUT2D eigenvalue weighted by atomic mass is 35.5. The zero-order valence-electron chi connectivity index (χ0n) is 13.4. The third-order valence-corrected chi connectivity index (χ3v) is 4.45. The maximum atomic E-state index is 12.6. The molecule has 134 valence electrons. The van der Waals surface area contributed by atoms with Gasteiger partial charge in [0.2, 0.25) is 0 Å². The molecule has 0 saturated carbocycles. The molecule has 2 aromatic rings. The van der Waals surface area contributed by atoms with Crippen LogP contribution in [0, 0.1) is 0 Å². The summed E-state index contributed by atoms with van der Waals surface area (Å²) >= 11 is 12.1. The summed E-state index contributed by atoms with van der Waals surface area (Å²) in [5.74, 6) is 0.791. The van der Waals surface area contributed by atoms with Crippen LogP contribution in [0.4, 0.5) is 0 Å². The molecule has 1 amide bonds. The van der Waals surface area contributed by atoms with Gasteiger partial charge in [-0.2, -0.15) is 0 Å². The van der Waals surface area contributed by atoms with Gasteiger partial charge in [0, 0.05) is 11.1 Å². The molecule has 7 heteroatoms. The van der Waals surface area contributed by atoms with Crippen LogP contribution in [-0.4, -0.2) is 25.0 Å². The summed E-state index contributed by atoms with van der Waals surface area (Å²) in [5.41, 5.74) is 0.488. The summed E-state index contributed by atoms with van der Waals surface area (Å²) < 4.78 is 5.84. The maximum absolute atomic E-state index is 12.6. The smallest absolute Gasteiger partial charge is 0.255 e. The van der Waals surface area contributed by atoms with Gasteiger partial charge in [-0.3, -0.25) is 4.79 Å². The molecule has 1 aliphatic heterocycles. The van der Waals surface area contributed by atoms with Gasteiger partial charge in [-0.25, -0.2) is 0 Å². The molecule has 0 radical (unpaired) electrons. The van der Waals surface area contributed by atoms with Crippen LogP contribution in [0.25, 0.3) is 0 Å². The summed E-state index contributed by atoms with van der Waals surface area (Å²) in [7, 11) is 0. The molecule has 1 saturated heterocycles. The first-order chi connectivity index (χ1) is 11.6. The molecule has 2 aromatic carbocycles. The number of carbonyl (C=O) groups excluding carboxylic acids is 1. The highest BCUT2D eigenvalue weighted by molar-refractivity contribution is 6.35. The first-order valence-corrected chi connectivity index (χ1v) is 8.62. The molecular weight excluding hydrogens is 383 g/mol. The van der Waals surface area contributed by atoms with Crippen LogP contribution in [-0.2, 0) is 0 Å². The molecule has 0 bridgehead atoms. The van der Waals surface area contributed by atoms with E-state index in [0.29, 0.717) is 27.1 Å². The van der Waals surface area contributed by atoms with Crippen molar-refractivity contribution in [3.63, 3.8) is 0 Å². The lowest BCUT2D eigenvalue weighted by Crippen LogP contribution is -2.42. The molecule has 0 atom stereocenters. The number of hydrogen-bond acceptors (Lipinski definition) is 3. The topological polar surface area (TPSA) is 50.4 Å². The number of para-hydroxylation sites is 1. The highest BCUT2D eigenvalue weighted by Gasteiger charge is 2.19. The number of carbonyl (C=O) groups is 1. The van der Waals surface area contributed by atoms with Crippen molar-refractivity contribution in [2.75, 3.05) is 13.1 Å². The maximum Gasteiger partial charge on any atom is 0.255 e. The Kier molecular flexibility index (Phi) is 7.38. The van der Waals surface area contributed by atoms with Crippen molar-refractivity contribution >= 4 is 41.5 Å². The Labute approximate surface area is 163 Å². The van der Waals surface area contributed by atoms with Crippen LogP contribution < -0.4 is 15.4 Å². The lowest BCUT2D eigenvalue weighted by molar-refractivity contribution is 0.0927. The number of amides is 1. The second-order valence-corrected chi connectivity index (χ2v) is 6.51. The molecule has 0 spiro atoms. The summed E-state index contributed by atoms with van der Waals surface area (Å²) in [5, 5.41) is 7.28. The van der Waals surface area contributed by atoms with Gasteiger partial charge in [-0.1, -0.05) is 35.3 Å². The minimum absolute atomic E-state index is 0. The quantitative estimate of drug-likeness (QED) is 0.781. The Morgan fingerprint density at radius 2 is 1.80 bits per heavy atom. The molecule has 4 nitrogen and oxygen atoms in total. The third-order valence-electron chi connectivity index (χ3n) is 3.92. The van der Waals surface area contributed by atoms with Gasteiger partial charge in [0.05, 0.1) is 10.6 Å². The highest BCUT2D eigenvalue weighted by Crippen LogP contribution is 2.33.